The summed E-state index contributed by atoms with van der Waals surface area (Å²) in [7, 11) is 0. The number of hydrogen-bond donors (Lipinski definition) is 1. The summed E-state index contributed by atoms with van der Waals surface area (Å²) < 4.78 is 7.18. The molecule has 2 rings (SSSR count). The number of aryl methyl sites for hydroxylation is 1. The summed E-state index contributed by atoms with van der Waals surface area (Å²) >= 11 is 6.02. The van der Waals surface area contributed by atoms with E-state index in [9.17, 15) is 4.79 Å². The first-order valence-corrected chi connectivity index (χ1v) is 7.92. The maximum absolute atomic E-state index is 11.0. The molecule has 0 aliphatic heterocycles. The number of ether oxygens (including phenoxy) is 1. The Morgan fingerprint density at radius 1 is 1.43 bits per heavy atom. The van der Waals surface area contributed by atoms with E-state index in [4.69, 9.17) is 16.3 Å². The van der Waals surface area contributed by atoms with Crippen LogP contribution in [-0.2, 0) is 22.6 Å². The molecule has 0 radical (unpaired) electrons. The van der Waals surface area contributed by atoms with Gasteiger partial charge in [0.05, 0.1) is 5.69 Å². The molecule has 1 aromatic carbocycles. The van der Waals surface area contributed by atoms with Gasteiger partial charge in [0, 0.05) is 31.5 Å². The largest absolute Gasteiger partial charge is 0.374 e. The van der Waals surface area contributed by atoms with E-state index in [1.54, 1.807) is 4.68 Å². The molecule has 1 amide bonds. The van der Waals surface area contributed by atoms with Crippen molar-refractivity contribution in [2.24, 2.45) is 0 Å². The van der Waals surface area contributed by atoms with Gasteiger partial charge in [-0.1, -0.05) is 11.6 Å². The van der Waals surface area contributed by atoms with Crippen LogP contribution >= 0.6 is 11.6 Å². The van der Waals surface area contributed by atoms with Crippen LogP contribution in [0.1, 0.15) is 31.1 Å². The van der Waals surface area contributed by atoms with Crippen LogP contribution in [0.4, 0.5) is 0 Å². The fourth-order valence-electron chi connectivity index (χ4n) is 2.21. The summed E-state index contributed by atoms with van der Waals surface area (Å²) in [5.74, 6) is 1.34. The van der Waals surface area contributed by atoms with Gasteiger partial charge in [0.25, 0.3) is 0 Å². The maximum atomic E-state index is 11.0. The summed E-state index contributed by atoms with van der Waals surface area (Å²) in [4.78, 5) is 15.6. The molecule has 23 heavy (non-hydrogen) atoms. The van der Waals surface area contributed by atoms with Crippen molar-refractivity contribution in [3.05, 3.63) is 40.4 Å². The van der Waals surface area contributed by atoms with Gasteiger partial charge in [-0.15, -0.1) is 5.10 Å². The van der Waals surface area contributed by atoms with Gasteiger partial charge < -0.3 is 10.1 Å². The fourth-order valence-corrected chi connectivity index (χ4v) is 2.43. The number of amides is 1. The zero-order valence-electron chi connectivity index (χ0n) is 13.6. The van der Waals surface area contributed by atoms with Crippen molar-refractivity contribution in [1.29, 1.82) is 0 Å². The zero-order valence-corrected chi connectivity index (χ0v) is 14.4. The number of carbonyl (C=O) groups is 1. The minimum atomic E-state index is -0.0618. The lowest BCUT2D eigenvalue weighted by Crippen LogP contribution is -2.23. The number of carbonyl (C=O) groups excluding carboxylic acids is 1. The number of halogens is 1. The average molecular weight is 337 g/mol. The monoisotopic (exact) mass is 336 g/mol. The molecule has 1 heterocycles. The molecular weight excluding hydrogens is 316 g/mol. The first-order valence-electron chi connectivity index (χ1n) is 7.54. The van der Waals surface area contributed by atoms with E-state index in [0.29, 0.717) is 37.0 Å². The molecule has 6 nitrogen and oxygen atoms in total. The van der Waals surface area contributed by atoms with E-state index in [1.807, 2.05) is 32.0 Å². The van der Waals surface area contributed by atoms with E-state index in [-0.39, 0.29) is 5.91 Å². The molecule has 0 spiro atoms. The van der Waals surface area contributed by atoms with Crippen LogP contribution in [0.3, 0.4) is 0 Å². The quantitative estimate of drug-likeness (QED) is 0.843. The van der Waals surface area contributed by atoms with Gasteiger partial charge in [-0.05, 0) is 37.6 Å². The highest BCUT2D eigenvalue weighted by molar-refractivity contribution is 6.30. The van der Waals surface area contributed by atoms with E-state index in [1.165, 1.54) is 6.92 Å². The van der Waals surface area contributed by atoms with Crippen LogP contribution in [0.15, 0.2) is 18.2 Å². The maximum Gasteiger partial charge on any atom is 0.216 e. The Morgan fingerprint density at radius 2 is 2.22 bits per heavy atom. The minimum absolute atomic E-state index is 0.0618. The molecule has 0 saturated carbocycles. The standard InChI is InChI=1S/C16H21ClN4O2/c1-4-23-10-15-19-16(7-8-18-12(3)22)21(20-15)14-6-5-13(17)9-11(14)2/h5-6,9H,4,7-8,10H2,1-3H3,(H,18,22). The molecule has 0 unspecified atom stereocenters. The van der Waals surface area contributed by atoms with Gasteiger partial charge in [0.15, 0.2) is 5.82 Å². The van der Waals surface area contributed by atoms with Crippen LogP contribution in [0.25, 0.3) is 5.69 Å². The highest BCUT2D eigenvalue weighted by Crippen LogP contribution is 2.20. The van der Waals surface area contributed by atoms with Crippen LogP contribution in [0.2, 0.25) is 5.02 Å². The molecule has 0 fully saturated rings. The number of hydrogen-bond acceptors (Lipinski definition) is 4. The predicted octanol–water partition coefficient (Wildman–Crippen LogP) is 2.44. The molecule has 0 bridgehead atoms. The number of aromatic nitrogens is 3. The third kappa shape index (κ3) is 4.77. The van der Waals surface area contributed by atoms with Crippen molar-refractivity contribution in [2.75, 3.05) is 13.2 Å². The molecule has 0 aliphatic rings. The lowest BCUT2D eigenvalue weighted by molar-refractivity contribution is -0.118. The first kappa shape index (κ1) is 17.4. The summed E-state index contributed by atoms with van der Waals surface area (Å²) in [5.41, 5.74) is 1.92. The van der Waals surface area contributed by atoms with Gasteiger partial charge in [0.2, 0.25) is 5.91 Å². The van der Waals surface area contributed by atoms with E-state index in [2.05, 4.69) is 15.4 Å². The highest BCUT2D eigenvalue weighted by Gasteiger charge is 2.13. The molecule has 0 saturated heterocycles. The van der Waals surface area contributed by atoms with Gasteiger partial charge in [0.1, 0.15) is 12.4 Å². The molecule has 0 atom stereocenters. The Hall–Kier alpha value is -1.92. The first-order chi connectivity index (χ1) is 11.0. The van der Waals surface area contributed by atoms with Crippen molar-refractivity contribution < 1.29 is 9.53 Å². The average Bonchev–Trinajstić information content (AvgIpc) is 2.88. The molecule has 0 aliphatic carbocycles. The van der Waals surface area contributed by atoms with Crippen molar-refractivity contribution in [3.8, 4) is 5.69 Å². The second-order valence-corrected chi connectivity index (χ2v) is 5.59. The Morgan fingerprint density at radius 3 is 2.87 bits per heavy atom. The van der Waals surface area contributed by atoms with Gasteiger partial charge in [-0.25, -0.2) is 9.67 Å². The third-order valence-electron chi connectivity index (χ3n) is 3.26. The molecule has 124 valence electrons. The van der Waals surface area contributed by atoms with E-state index in [0.717, 1.165) is 17.1 Å². The van der Waals surface area contributed by atoms with Crippen molar-refractivity contribution in [2.45, 2.75) is 33.8 Å². The second kappa shape index (κ2) is 8.08. The summed E-state index contributed by atoms with van der Waals surface area (Å²) in [6.07, 6.45) is 0.584. The predicted molar refractivity (Wildman–Crippen MR) is 88.8 cm³/mol. The lowest BCUT2D eigenvalue weighted by atomic mass is 10.2. The fraction of sp³-hybridized carbons (Fsp3) is 0.438. The van der Waals surface area contributed by atoms with Gasteiger partial charge in [-0.2, -0.15) is 0 Å². The molecule has 7 heteroatoms. The van der Waals surface area contributed by atoms with Crippen LogP contribution < -0.4 is 5.32 Å². The Balaban J connectivity index is 2.30. The van der Waals surface area contributed by atoms with Crippen molar-refractivity contribution in [1.82, 2.24) is 20.1 Å². The normalized spacial score (nSPS) is 10.8. The lowest BCUT2D eigenvalue weighted by Gasteiger charge is -2.09. The zero-order chi connectivity index (χ0) is 16.8. The SMILES string of the molecule is CCOCc1nc(CCNC(C)=O)n(-c2ccc(Cl)cc2C)n1. The Kier molecular flexibility index (Phi) is 6.12. The number of nitrogens with zero attached hydrogens (tertiary/aromatic N) is 3. The number of rotatable bonds is 7. The summed E-state index contributed by atoms with van der Waals surface area (Å²) in [6, 6.07) is 5.63. The third-order valence-corrected chi connectivity index (χ3v) is 3.50. The topological polar surface area (TPSA) is 69.0 Å². The van der Waals surface area contributed by atoms with Crippen molar-refractivity contribution >= 4 is 17.5 Å². The highest BCUT2D eigenvalue weighted by atomic mass is 35.5. The summed E-state index contributed by atoms with van der Waals surface area (Å²) in [6.45, 7) is 6.88. The number of nitrogens with one attached hydrogen (secondary N) is 1. The second-order valence-electron chi connectivity index (χ2n) is 5.16. The molecule has 1 N–H and O–H groups in total. The summed E-state index contributed by atoms with van der Waals surface area (Å²) in [5, 5.41) is 7.99. The minimum Gasteiger partial charge on any atom is -0.374 e. The smallest absolute Gasteiger partial charge is 0.216 e. The molecule has 2 aromatic rings. The molecule has 1 aromatic heterocycles. The van der Waals surface area contributed by atoms with Crippen LogP contribution in [-0.4, -0.2) is 33.8 Å². The molecular formula is C16H21ClN4O2. The van der Waals surface area contributed by atoms with E-state index < -0.39 is 0 Å². The van der Waals surface area contributed by atoms with Crippen LogP contribution in [0.5, 0.6) is 0 Å². The van der Waals surface area contributed by atoms with Gasteiger partial charge >= 0.3 is 0 Å². The Bertz CT molecular complexity index is 685. The van der Waals surface area contributed by atoms with Crippen LogP contribution in [0, 0.1) is 6.92 Å². The van der Waals surface area contributed by atoms with E-state index >= 15 is 0 Å². The van der Waals surface area contributed by atoms with Crippen molar-refractivity contribution in [3.63, 3.8) is 0 Å². The Labute approximate surface area is 140 Å². The number of benzene rings is 1. The van der Waals surface area contributed by atoms with Gasteiger partial charge in [-0.3, -0.25) is 4.79 Å².